The van der Waals surface area contributed by atoms with Crippen LogP contribution in [0.3, 0.4) is 0 Å². The number of hydrogen-bond donors (Lipinski definition) is 2. The van der Waals surface area contributed by atoms with Gasteiger partial charge in [-0.1, -0.05) is 55.4 Å². The molecular formula is C23H25FN4O4. The molecule has 3 aromatic rings. The highest BCUT2D eigenvalue weighted by molar-refractivity contribution is 5.84. The Balaban J connectivity index is 1.44. The van der Waals surface area contributed by atoms with Crippen molar-refractivity contribution in [3.8, 4) is 17.1 Å². The lowest BCUT2D eigenvalue weighted by molar-refractivity contribution is -0.132. The molecule has 9 heteroatoms. The average molecular weight is 440 g/mol. The summed E-state index contributed by atoms with van der Waals surface area (Å²) in [5.74, 6) is -0.505. The molecule has 0 fully saturated rings. The van der Waals surface area contributed by atoms with E-state index in [9.17, 15) is 14.0 Å². The quantitative estimate of drug-likeness (QED) is 0.519. The van der Waals surface area contributed by atoms with Crippen molar-refractivity contribution in [2.24, 2.45) is 0 Å². The summed E-state index contributed by atoms with van der Waals surface area (Å²) >= 11 is 0. The number of nitrogens with zero attached hydrogens (tertiary/aromatic N) is 2. The number of nitrogens with one attached hydrogen (secondary N) is 2. The number of carbonyl (C=O) groups is 2. The Morgan fingerprint density at radius 1 is 1.06 bits per heavy atom. The van der Waals surface area contributed by atoms with Crippen LogP contribution in [-0.4, -0.2) is 28.1 Å². The van der Waals surface area contributed by atoms with E-state index in [-0.39, 0.29) is 18.6 Å². The molecule has 32 heavy (non-hydrogen) atoms. The maximum absolute atomic E-state index is 13.6. The lowest BCUT2D eigenvalue weighted by Gasteiger charge is -2.15. The van der Waals surface area contributed by atoms with Gasteiger partial charge in [0.05, 0.1) is 0 Å². The third-order valence-corrected chi connectivity index (χ3v) is 4.70. The highest BCUT2D eigenvalue weighted by atomic mass is 19.1. The van der Waals surface area contributed by atoms with Crippen molar-refractivity contribution in [1.29, 1.82) is 0 Å². The second kappa shape index (κ2) is 10.5. The van der Waals surface area contributed by atoms with Crippen molar-refractivity contribution in [3.05, 3.63) is 65.8 Å². The molecule has 0 radical (unpaired) electrons. The van der Waals surface area contributed by atoms with Crippen LogP contribution in [-0.2, 0) is 16.0 Å². The smallest absolute Gasteiger partial charge is 0.279 e. The van der Waals surface area contributed by atoms with Crippen LogP contribution in [0.1, 0.15) is 44.6 Å². The van der Waals surface area contributed by atoms with Gasteiger partial charge in [-0.25, -0.2) is 4.39 Å². The van der Waals surface area contributed by atoms with E-state index in [0.717, 1.165) is 5.56 Å². The van der Waals surface area contributed by atoms with Crippen molar-refractivity contribution >= 4 is 11.8 Å². The molecular weight excluding hydrogens is 415 g/mol. The average Bonchev–Trinajstić information content (AvgIpc) is 3.26. The Labute approximate surface area is 185 Å². The van der Waals surface area contributed by atoms with E-state index < -0.39 is 23.7 Å². The maximum Gasteiger partial charge on any atom is 0.279 e. The standard InChI is InChI=1S/C23H25FN4O4/c1-14(2)16-8-10-17(11-9-16)22-25-21(32-28-22)13-12-20(29)26-27-23(30)15(3)31-19-7-5-4-6-18(19)24/h4-11,14-15H,12-13H2,1-3H3,(H,26,29)(H,27,30). The number of hydrogen-bond acceptors (Lipinski definition) is 6. The Morgan fingerprint density at radius 2 is 1.78 bits per heavy atom. The van der Waals surface area contributed by atoms with E-state index in [1.54, 1.807) is 6.07 Å². The number of halogens is 1. The predicted molar refractivity (Wildman–Crippen MR) is 115 cm³/mol. The van der Waals surface area contributed by atoms with Crippen LogP contribution in [0, 0.1) is 5.82 Å². The molecule has 2 amide bonds. The minimum Gasteiger partial charge on any atom is -0.478 e. The van der Waals surface area contributed by atoms with Crippen molar-refractivity contribution < 1.29 is 23.2 Å². The van der Waals surface area contributed by atoms with Gasteiger partial charge in [0.2, 0.25) is 17.6 Å². The lowest BCUT2D eigenvalue weighted by Crippen LogP contribution is -2.47. The third-order valence-electron chi connectivity index (χ3n) is 4.70. The first-order chi connectivity index (χ1) is 15.3. The van der Waals surface area contributed by atoms with Crippen LogP contribution in [0.15, 0.2) is 53.1 Å². The summed E-state index contributed by atoms with van der Waals surface area (Å²) in [5.41, 5.74) is 6.57. The van der Waals surface area contributed by atoms with Gasteiger partial charge >= 0.3 is 0 Å². The van der Waals surface area contributed by atoms with Crippen LogP contribution in [0.4, 0.5) is 4.39 Å². The first kappa shape index (κ1) is 22.9. The Kier molecular flexibility index (Phi) is 7.54. The van der Waals surface area contributed by atoms with Gasteiger partial charge in [-0.15, -0.1) is 0 Å². The summed E-state index contributed by atoms with van der Waals surface area (Å²) in [6, 6.07) is 13.6. The van der Waals surface area contributed by atoms with Gasteiger partial charge in [-0.05, 0) is 30.5 Å². The lowest BCUT2D eigenvalue weighted by atomic mass is 10.0. The number of carbonyl (C=O) groups excluding carboxylic acids is 2. The molecule has 0 saturated carbocycles. The van der Waals surface area contributed by atoms with Gasteiger partial charge in [0.15, 0.2) is 17.7 Å². The fourth-order valence-corrected chi connectivity index (χ4v) is 2.79. The van der Waals surface area contributed by atoms with E-state index in [4.69, 9.17) is 9.26 Å². The van der Waals surface area contributed by atoms with Crippen LogP contribution in [0.5, 0.6) is 5.75 Å². The SMILES string of the molecule is CC(Oc1ccccc1F)C(=O)NNC(=O)CCc1nc(-c2ccc(C(C)C)cc2)no1. The summed E-state index contributed by atoms with van der Waals surface area (Å²) in [6.07, 6.45) is -0.774. The first-order valence-corrected chi connectivity index (χ1v) is 10.3. The summed E-state index contributed by atoms with van der Waals surface area (Å²) in [7, 11) is 0. The van der Waals surface area contributed by atoms with Gasteiger partial charge in [0, 0.05) is 18.4 Å². The molecule has 3 rings (SSSR count). The second-order valence-electron chi connectivity index (χ2n) is 7.52. The molecule has 8 nitrogen and oxygen atoms in total. The molecule has 2 aromatic carbocycles. The van der Waals surface area contributed by atoms with Gasteiger partial charge in [0.1, 0.15) is 0 Å². The van der Waals surface area contributed by atoms with Gasteiger partial charge in [0.25, 0.3) is 5.91 Å². The maximum atomic E-state index is 13.6. The minimum atomic E-state index is -1.01. The first-order valence-electron chi connectivity index (χ1n) is 10.3. The van der Waals surface area contributed by atoms with Crippen molar-refractivity contribution in [3.63, 3.8) is 0 Å². The minimum absolute atomic E-state index is 0.0246. The number of para-hydroxylation sites is 1. The Morgan fingerprint density at radius 3 is 2.47 bits per heavy atom. The third kappa shape index (κ3) is 6.13. The van der Waals surface area contributed by atoms with E-state index in [0.29, 0.717) is 17.6 Å². The van der Waals surface area contributed by atoms with Crippen LogP contribution < -0.4 is 15.6 Å². The van der Waals surface area contributed by atoms with E-state index in [1.807, 2.05) is 24.3 Å². The molecule has 1 unspecified atom stereocenters. The zero-order chi connectivity index (χ0) is 23.1. The summed E-state index contributed by atoms with van der Waals surface area (Å²) in [6.45, 7) is 5.68. The zero-order valence-corrected chi connectivity index (χ0v) is 18.1. The normalized spacial score (nSPS) is 11.8. The number of aromatic nitrogens is 2. The highest BCUT2D eigenvalue weighted by Gasteiger charge is 2.17. The van der Waals surface area contributed by atoms with Gasteiger partial charge < -0.3 is 9.26 Å². The van der Waals surface area contributed by atoms with E-state index >= 15 is 0 Å². The molecule has 0 saturated heterocycles. The number of ether oxygens (including phenoxy) is 1. The van der Waals surface area contributed by atoms with Crippen molar-refractivity contribution in [2.75, 3.05) is 0 Å². The van der Waals surface area contributed by atoms with Crippen molar-refractivity contribution in [2.45, 2.75) is 45.6 Å². The predicted octanol–water partition coefficient (Wildman–Crippen LogP) is 3.55. The number of benzene rings is 2. The zero-order valence-electron chi connectivity index (χ0n) is 18.1. The largest absolute Gasteiger partial charge is 0.478 e. The molecule has 0 aliphatic heterocycles. The molecule has 0 spiro atoms. The van der Waals surface area contributed by atoms with Crippen LogP contribution in [0.2, 0.25) is 0 Å². The monoisotopic (exact) mass is 440 g/mol. The van der Waals surface area contributed by atoms with Crippen molar-refractivity contribution in [1.82, 2.24) is 21.0 Å². The number of amides is 2. The van der Waals surface area contributed by atoms with Gasteiger partial charge in [-0.3, -0.25) is 20.4 Å². The molecule has 168 valence electrons. The number of hydrazine groups is 1. The Bertz CT molecular complexity index is 1070. The van der Waals surface area contributed by atoms with E-state index in [1.165, 1.54) is 30.7 Å². The number of rotatable bonds is 8. The van der Waals surface area contributed by atoms with Gasteiger partial charge in [-0.2, -0.15) is 4.98 Å². The van der Waals surface area contributed by atoms with E-state index in [2.05, 4.69) is 34.8 Å². The fourth-order valence-electron chi connectivity index (χ4n) is 2.79. The second-order valence-corrected chi connectivity index (χ2v) is 7.52. The molecule has 0 bridgehead atoms. The molecule has 0 aliphatic rings. The summed E-state index contributed by atoms with van der Waals surface area (Å²) < 4.78 is 24.1. The molecule has 0 aliphatic carbocycles. The molecule has 1 heterocycles. The summed E-state index contributed by atoms with van der Waals surface area (Å²) in [5, 5.41) is 3.95. The summed E-state index contributed by atoms with van der Waals surface area (Å²) in [4.78, 5) is 28.4. The topological polar surface area (TPSA) is 106 Å². The molecule has 1 atom stereocenters. The highest BCUT2D eigenvalue weighted by Crippen LogP contribution is 2.21. The Hall–Kier alpha value is -3.75. The number of aryl methyl sites for hydroxylation is 1. The molecule has 1 aromatic heterocycles. The van der Waals surface area contributed by atoms with Crippen LogP contribution >= 0.6 is 0 Å². The molecule has 2 N–H and O–H groups in total. The fraction of sp³-hybridized carbons (Fsp3) is 0.304. The van der Waals surface area contributed by atoms with Crippen LogP contribution in [0.25, 0.3) is 11.4 Å².